The van der Waals surface area contributed by atoms with Gasteiger partial charge >= 0.3 is 0 Å². The summed E-state index contributed by atoms with van der Waals surface area (Å²) < 4.78 is 0. The Morgan fingerprint density at radius 3 is 2.62 bits per heavy atom. The summed E-state index contributed by atoms with van der Waals surface area (Å²) in [4.78, 5) is 3.99. The second-order valence-corrected chi connectivity index (χ2v) is 3.65. The molecule has 1 aromatic carbocycles. The van der Waals surface area contributed by atoms with Crippen LogP contribution in [0.15, 0.2) is 30.5 Å². The van der Waals surface area contributed by atoms with Crippen molar-refractivity contribution in [2.24, 2.45) is 0 Å². The lowest BCUT2D eigenvalue weighted by Crippen LogP contribution is -1.95. The highest BCUT2D eigenvalue weighted by atomic mass is 16.3. The van der Waals surface area contributed by atoms with E-state index < -0.39 is 0 Å². The minimum atomic E-state index is 0.165. The average molecular weight is 215 g/mol. The zero-order valence-corrected chi connectivity index (χ0v) is 8.94. The molecule has 0 saturated heterocycles. The van der Waals surface area contributed by atoms with E-state index in [-0.39, 0.29) is 5.75 Å². The average Bonchev–Trinajstić information content (AvgIpc) is 2.26. The molecule has 0 amide bonds. The van der Waals surface area contributed by atoms with Crippen molar-refractivity contribution in [3.05, 3.63) is 36.0 Å². The van der Waals surface area contributed by atoms with Crippen molar-refractivity contribution in [3.63, 3.8) is 0 Å². The summed E-state index contributed by atoms with van der Waals surface area (Å²) >= 11 is 0. The van der Waals surface area contributed by atoms with Gasteiger partial charge in [-0.25, -0.2) is 4.98 Å². The van der Waals surface area contributed by atoms with Gasteiger partial charge in [0.2, 0.25) is 0 Å². The Morgan fingerprint density at radius 1 is 1.25 bits per heavy atom. The molecule has 0 aliphatic carbocycles. The second kappa shape index (κ2) is 3.73. The molecule has 16 heavy (non-hydrogen) atoms. The third kappa shape index (κ3) is 1.65. The molecule has 82 valence electrons. The zero-order chi connectivity index (χ0) is 11.7. The normalized spacial score (nSPS) is 10.3. The Labute approximate surface area is 93.5 Å². The van der Waals surface area contributed by atoms with Gasteiger partial charge in [-0.3, -0.25) is 0 Å². The van der Waals surface area contributed by atoms with Crippen LogP contribution in [0.3, 0.4) is 0 Å². The van der Waals surface area contributed by atoms with Crippen LogP contribution in [0.25, 0.3) is 11.1 Å². The van der Waals surface area contributed by atoms with Crippen LogP contribution in [-0.2, 0) is 0 Å². The van der Waals surface area contributed by atoms with Crippen molar-refractivity contribution in [2.75, 3.05) is 11.5 Å². The summed E-state index contributed by atoms with van der Waals surface area (Å²) in [5.41, 5.74) is 14.3. The van der Waals surface area contributed by atoms with Gasteiger partial charge in [0.05, 0.1) is 0 Å². The smallest absolute Gasteiger partial charge is 0.131 e. The summed E-state index contributed by atoms with van der Waals surface area (Å²) in [5.74, 6) is 0.586. The monoisotopic (exact) mass is 215 g/mol. The van der Waals surface area contributed by atoms with Gasteiger partial charge in [0.1, 0.15) is 11.6 Å². The van der Waals surface area contributed by atoms with Gasteiger partial charge in [-0.05, 0) is 36.8 Å². The number of rotatable bonds is 1. The number of phenolic OH excluding ortho intramolecular Hbond substituents is 1. The fraction of sp³-hybridized carbons (Fsp3) is 0.0833. The lowest BCUT2D eigenvalue weighted by Gasteiger charge is -2.09. The summed E-state index contributed by atoms with van der Waals surface area (Å²) in [6, 6.07) is 7.05. The van der Waals surface area contributed by atoms with Gasteiger partial charge in [0.15, 0.2) is 0 Å². The molecule has 0 bridgehead atoms. The number of aromatic nitrogens is 1. The van der Waals surface area contributed by atoms with Crippen LogP contribution < -0.4 is 11.5 Å². The van der Waals surface area contributed by atoms with Crippen molar-refractivity contribution in [1.29, 1.82) is 0 Å². The van der Waals surface area contributed by atoms with Crippen LogP contribution in [0.1, 0.15) is 5.56 Å². The topological polar surface area (TPSA) is 85.2 Å². The standard InChI is InChI=1S/C12H13N3O/c1-7-10(13)5-8(6-11(7)16)9-3-2-4-15-12(9)14/h2-6,16H,13H2,1H3,(H2,14,15). The van der Waals surface area contributed by atoms with E-state index in [4.69, 9.17) is 11.5 Å². The lowest BCUT2D eigenvalue weighted by molar-refractivity contribution is 0.472. The molecule has 5 N–H and O–H groups in total. The molecule has 0 spiro atoms. The van der Waals surface area contributed by atoms with Gasteiger partial charge in [-0.15, -0.1) is 0 Å². The van der Waals surface area contributed by atoms with Crippen molar-refractivity contribution < 1.29 is 5.11 Å². The number of nitrogens with two attached hydrogens (primary N) is 2. The minimum Gasteiger partial charge on any atom is -0.508 e. The third-order valence-corrected chi connectivity index (χ3v) is 2.57. The van der Waals surface area contributed by atoms with Crippen LogP contribution in [-0.4, -0.2) is 10.1 Å². The highest BCUT2D eigenvalue weighted by Crippen LogP contribution is 2.32. The summed E-state index contributed by atoms with van der Waals surface area (Å²) in [7, 11) is 0. The largest absolute Gasteiger partial charge is 0.508 e. The quantitative estimate of drug-likeness (QED) is 0.634. The Kier molecular flexibility index (Phi) is 2.40. The fourth-order valence-electron chi connectivity index (χ4n) is 1.54. The van der Waals surface area contributed by atoms with Crippen LogP contribution in [0.2, 0.25) is 0 Å². The first-order valence-corrected chi connectivity index (χ1v) is 4.89. The minimum absolute atomic E-state index is 0.165. The van der Waals surface area contributed by atoms with Gasteiger partial charge in [0, 0.05) is 23.0 Å². The highest BCUT2D eigenvalue weighted by molar-refractivity contribution is 5.78. The molecular formula is C12H13N3O. The van der Waals surface area contributed by atoms with Crippen LogP contribution in [0.5, 0.6) is 5.75 Å². The van der Waals surface area contributed by atoms with Crippen molar-refractivity contribution >= 4 is 11.5 Å². The van der Waals surface area contributed by atoms with Crippen molar-refractivity contribution in [1.82, 2.24) is 4.98 Å². The number of anilines is 2. The molecule has 4 heteroatoms. The van der Waals surface area contributed by atoms with Crippen LogP contribution >= 0.6 is 0 Å². The molecule has 0 fully saturated rings. The molecule has 0 aliphatic rings. The van der Waals surface area contributed by atoms with Gasteiger partial charge < -0.3 is 16.6 Å². The number of pyridine rings is 1. The molecule has 0 unspecified atom stereocenters. The zero-order valence-electron chi connectivity index (χ0n) is 8.94. The Morgan fingerprint density at radius 2 is 2.00 bits per heavy atom. The van der Waals surface area contributed by atoms with E-state index in [1.165, 1.54) is 0 Å². The summed E-state index contributed by atoms with van der Waals surface area (Å²) in [6.45, 7) is 1.76. The second-order valence-electron chi connectivity index (χ2n) is 3.65. The third-order valence-electron chi connectivity index (χ3n) is 2.57. The number of hydrogen-bond acceptors (Lipinski definition) is 4. The van der Waals surface area contributed by atoms with Crippen LogP contribution in [0, 0.1) is 6.92 Å². The van der Waals surface area contributed by atoms with E-state index >= 15 is 0 Å². The highest BCUT2D eigenvalue weighted by Gasteiger charge is 2.08. The van der Waals surface area contributed by atoms with E-state index in [0.717, 1.165) is 11.1 Å². The maximum atomic E-state index is 9.69. The Balaban J connectivity index is 2.62. The predicted octanol–water partition coefficient (Wildman–Crippen LogP) is 1.93. The first-order chi connectivity index (χ1) is 7.59. The molecule has 0 saturated carbocycles. The molecular weight excluding hydrogens is 202 g/mol. The SMILES string of the molecule is Cc1c(N)cc(-c2cccnc2N)cc1O. The van der Waals surface area contributed by atoms with Gasteiger partial charge in [0.25, 0.3) is 0 Å². The first-order valence-electron chi connectivity index (χ1n) is 4.89. The van der Waals surface area contributed by atoms with Gasteiger partial charge in [-0.2, -0.15) is 0 Å². The molecule has 1 heterocycles. The van der Waals surface area contributed by atoms with E-state index in [2.05, 4.69) is 4.98 Å². The Bertz CT molecular complexity index is 515. The molecule has 0 atom stereocenters. The van der Waals surface area contributed by atoms with Crippen molar-refractivity contribution in [2.45, 2.75) is 6.92 Å². The Hall–Kier alpha value is -2.23. The van der Waals surface area contributed by atoms with E-state index in [1.54, 1.807) is 31.3 Å². The molecule has 4 nitrogen and oxygen atoms in total. The van der Waals surface area contributed by atoms with Crippen molar-refractivity contribution in [3.8, 4) is 16.9 Å². The number of hydrogen-bond donors (Lipinski definition) is 3. The van der Waals surface area contributed by atoms with E-state index in [9.17, 15) is 5.11 Å². The number of nitrogens with zero attached hydrogens (tertiary/aromatic N) is 1. The molecule has 1 aromatic heterocycles. The predicted molar refractivity (Wildman–Crippen MR) is 64.9 cm³/mol. The maximum Gasteiger partial charge on any atom is 0.131 e. The first kappa shape index (κ1) is 10.3. The lowest BCUT2D eigenvalue weighted by atomic mass is 10.0. The number of nitrogen functional groups attached to an aromatic ring is 2. The van der Waals surface area contributed by atoms with Gasteiger partial charge in [-0.1, -0.05) is 0 Å². The number of aromatic hydroxyl groups is 1. The summed E-state index contributed by atoms with van der Waals surface area (Å²) in [6.07, 6.45) is 1.62. The fourth-order valence-corrected chi connectivity index (χ4v) is 1.54. The van der Waals surface area contributed by atoms with Crippen LogP contribution in [0.4, 0.5) is 11.5 Å². The number of phenols is 1. The maximum absolute atomic E-state index is 9.69. The molecule has 0 radical (unpaired) electrons. The number of benzene rings is 1. The van der Waals surface area contributed by atoms with E-state index in [1.807, 2.05) is 6.07 Å². The molecule has 0 aliphatic heterocycles. The van der Waals surface area contributed by atoms with E-state index in [0.29, 0.717) is 17.1 Å². The molecule has 2 rings (SSSR count). The molecule has 2 aromatic rings. The summed E-state index contributed by atoms with van der Waals surface area (Å²) in [5, 5.41) is 9.69.